The van der Waals surface area contributed by atoms with Gasteiger partial charge in [-0.3, -0.25) is 19.3 Å². The number of imide groups is 1. The number of hydrogen-bond donors (Lipinski definition) is 0. The van der Waals surface area contributed by atoms with Gasteiger partial charge in [0, 0.05) is 13.1 Å². The van der Waals surface area contributed by atoms with E-state index in [4.69, 9.17) is 14.7 Å². The average molecular weight is 401 g/mol. The third-order valence-electron chi connectivity index (χ3n) is 4.40. The van der Waals surface area contributed by atoms with Crippen molar-refractivity contribution in [2.75, 3.05) is 33.4 Å². The maximum absolute atomic E-state index is 12.6. The summed E-state index contributed by atoms with van der Waals surface area (Å²) in [6.07, 6.45) is 3.47. The van der Waals surface area contributed by atoms with Gasteiger partial charge in [0.1, 0.15) is 12.6 Å². The van der Waals surface area contributed by atoms with Crippen LogP contribution in [0.5, 0.6) is 11.5 Å². The topological polar surface area (TPSA) is 99.9 Å². The molecule has 0 saturated carbocycles. The number of rotatable bonds is 6. The van der Waals surface area contributed by atoms with Gasteiger partial charge < -0.3 is 14.4 Å². The molecule has 0 spiro atoms. The molecule has 2 fully saturated rings. The molecule has 1 aromatic carbocycles. The fourth-order valence-electron chi connectivity index (χ4n) is 2.99. The van der Waals surface area contributed by atoms with Crippen LogP contribution in [-0.4, -0.2) is 60.2 Å². The molecule has 0 unspecified atom stereocenters. The Morgan fingerprint density at radius 2 is 2.04 bits per heavy atom. The Kier molecular flexibility index (Phi) is 6.21. The second-order valence-corrected chi connectivity index (χ2v) is 7.21. The molecule has 0 atom stereocenters. The molecular formula is C19H19N3O5S. The lowest BCUT2D eigenvalue weighted by atomic mass is 10.2. The summed E-state index contributed by atoms with van der Waals surface area (Å²) in [5.41, 5.74) is 0.637. The summed E-state index contributed by atoms with van der Waals surface area (Å²) in [4.78, 5) is 40.0. The molecule has 0 aliphatic carbocycles. The average Bonchev–Trinajstić information content (AvgIpc) is 3.32. The number of carbonyl (C=O) groups excluding carboxylic acids is 3. The monoisotopic (exact) mass is 401 g/mol. The van der Waals surface area contributed by atoms with Crippen LogP contribution in [0.3, 0.4) is 0 Å². The summed E-state index contributed by atoms with van der Waals surface area (Å²) < 4.78 is 10.5. The summed E-state index contributed by atoms with van der Waals surface area (Å²) in [5, 5.41) is 8.16. The first-order chi connectivity index (χ1) is 13.5. The fourth-order valence-corrected chi connectivity index (χ4v) is 3.83. The van der Waals surface area contributed by atoms with Crippen molar-refractivity contribution in [3.63, 3.8) is 0 Å². The third-order valence-corrected chi connectivity index (χ3v) is 5.31. The zero-order valence-electron chi connectivity index (χ0n) is 15.3. The Labute approximate surface area is 166 Å². The number of ether oxygens (including phenoxy) is 2. The number of amides is 3. The van der Waals surface area contributed by atoms with E-state index in [2.05, 4.69) is 0 Å². The minimum absolute atomic E-state index is 0.111. The highest BCUT2D eigenvalue weighted by Gasteiger charge is 2.37. The Morgan fingerprint density at radius 1 is 1.29 bits per heavy atom. The van der Waals surface area contributed by atoms with Crippen molar-refractivity contribution in [1.29, 1.82) is 5.26 Å². The number of methoxy groups -OCH3 is 1. The van der Waals surface area contributed by atoms with Crippen LogP contribution < -0.4 is 9.47 Å². The van der Waals surface area contributed by atoms with Crippen LogP contribution in [0.2, 0.25) is 0 Å². The van der Waals surface area contributed by atoms with Crippen molar-refractivity contribution < 1.29 is 23.9 Å². The van der Waals surface area contributed by atoms with Gasteiger partial charge in [0.25, 0.3) is 11.1 Å². The van der Waals surface area contributed by atoms with E-state index >= 15 is 0 Å². The Hall–Kier alpha value is -2.99. The van der Waals surface area contributed by atoms with Crippen molar-refractivity contribution >= 4 is 34.9 Å². The van der Waals surface area contributed by atoms with Gasteiger partial charge >= 0.3 is 0 Å². The lowest BCUT2D eigenvalue weighted by Crippen LogP contribution is -2.40. The van der Waals surface area contributed by atoms with Crippen LogP contribution >= 0.6 is 11.8 Å². The lowest BCUT2D eigenvalue weighted by molar-refractivity contribution is -0.135. The first kappa shape index (κ1) is 19.8. The van der Waals surface area contributed by atoms with E-state index < -0.39 is 11.1 Å². The molecule has 0 bridgehead atoms. The molecule has 2 aliphatic rings. The Morgan fingerprint density at radius 3 is 2.71 bits per heavy atom. The van der Waals surface area contributed by atoms with Gasteiger partial charge in [0.05, 0.1) is 12.0 Å². The standard InChI is InChI=1S/C19H19N3O5S/c1-26-15-10-13(4-5-14(15)27-9-6-20)11-16-18(24)22(19(25)28-16)12-17(23)21-7-2-3-8-21/h4-5,10-11H,2-3,7-9,12H2,1H3/b16-11-. The number of nitriles is 1. The predicted molar refractivity (Wildman–Crippen MR) is 103 cm³/mol. The van der Waals surface area contributed by atoms with E-state index in [0.717, 1.165) is 29.5 Å². The molecule has 0 N–H and O–H groups in total. The molecule has 9 heteroatoms. The summed E-state index contributed by atoms with van der Waals surface area (Å²) in [6.45, 7) is 1.00. The zero-order valence-corrected chi connectivity index (χ0v) is 16.2. The van der Waals surface area contributed by atoms with Crippen molar-refractivity contribution in [2.24, 2.45) is 0 Å². The second-order valence-electron chi connectivity index (χ2n) is 6.21. The number of benzene rings is 1. The quantitative estimate of drug-likeness (QED) is 0.674. The predicted octanol–water partition coefficient (Wildman–Crippen LogP) is 2.26. The molecule has 2 aliphatic heterocycles. The van der Waals surface area contributed by atoms with Crippen LogP contribution in [0.25, 0.3) is 6.08 Å². The van der Waals surface area contributed by atoms with Crippen molar-refractivity contribution in [3.05, 3.63) is 28.7 Å². The van der Waals surface area contributed by atoms with Crippen molar-refractivity contribution in [2.45, 2.75) is 12.8 Å². The van der Waals surface area contributed by atoms with E-state index in [9.17, 15) is 14.4 Å². The number of thioether (sulfide) groups is 1. The zero-order chi connectivity index (χ0) is 20.1. The molecule has 28 heavy (non-hydrogen) atoms. The molecule has 2 saturated heterocycles. The van der Waals surface area contributed by atoms with Crippen LogP contribution in [0.1, 0.15) is 18.4 Å². The molecule has 3 amide bonds. The molecule has 8 nitrogen and oxygen atoms in total. The van der Waals surface area contributed by atoms with E-state index in [1.54, 1.807) is 29.2 Å². The molecule has 0 radical (unpaired) electrons. The number of hydrogen-bond acceptors (Lipinski definition) is 7. The summed E-state index contributed by atoms with van der Waals surface area (Å²) >= 11 is 0.805. The molecular weight excluding hydrogens is 382 g/mol. The molecule has 2 heterocycles. The highest BCUT2D eigenvalue weighted by Crippen LogP contribution is 2.34. The minimum Gasteiger partial charge on any atom is -0.493 e. The van der Waals surface area contributed by atoms with Crippen LogP contribution in [0.4, 0.5) is 4.79 Å². The molecule has 3 rings (SSSR count). The van der Waals surface area contributed by atoms with Crippen LogP contribution in [0.15, 0.2) is 23.1 Å². The first-order valence-electron chi connectivity index (χ1n) is 8.74. The Balaban J connectivity index is 1.74. The van der Waals surface area contributed by atoms with Crippen molar-refractivity contribution in [3.8, 4) is 17.6 Å². The number of likely N-dealkylation sites (tertiary alicyclic amines) is 1. The largest absolute Gasteiger partial charge is 0.493 e. The summed E-state index contributed by atoms with van der Waals surface area (Å²) in [7, 11) is 1.47. The van der Waals surface area contributed by atoms with Gasteiger partial charge in [-0.1, -0.05) is 6.07 Å². The molecule has 0 aromatic heterocycles. The SMILES string of the molecule is COc1cc(/C=C2\SC(=O)N(CC(=O)N3CCCC3)C2=O)ccc1OCC#N. The maximum atomic E-state index is 12.6. The summed E-state index contributed by atoms with van der Waals surface area (Å²) in [6, 6.07) is 6.85. The maximum Gasteiger partial charge on any atom is 0.294 e. The van der Waals surface area contributed by atoms with Gasteiger partial charge in [0.15, 0.2) is 18.1 Å². The number of carbonyl (C=O) groups is 3. The minimum atomic E-state index is -0.480. The van der Waals surface area contributed by atoms with Gasteiger partial charge in [-0.15, -0.1) is 0 Å². The van der Waals surface area contributed by atoms with E-state index in [1.807, 2.05) is 6.07 Å². The highest BCUT2D eigenvalue weighted by atomic mass is 32.2. The van der Waals surface area contributed by atoms with E-state index in [-0.39, 0.29) is 24.0 Å². The molecule has 1 aromatic rings. The summed E-state index contributed by atoms with van der Waals surface area (Å²) in [5.74, 6) is 0.131. The highest BCUT2D eigenvalue weighted by molar-refractivity contribution is 8.18. The third kappa shape index (κ3) is 4.28. The first-order valence-corrected chi connectivity index (χ1v) is 9.56. The van der Waals surface area contributed by atoms with Gasteiger partial charge in [-0.2, -0.15) is 5.26 Å². The van der Waals surface area contributed by atoms with Gasteiger partial charge in [0.2, 0.25) is 5.91 Å². The Bertz CT molecular complexity index is 871. The van der Waals surface area contributed by atoms with E-state index in [1.165, 1.54) is 7.11 Å². The smallest absolute Gasteiger partial charge is 0.294 e. The van der Waals surface area contributed by atoms with Crippen LogP contribution in [-0.2, 0) is 9.59 Å². The van der Waals surface area contributed by atoms with Crippen LogP contribution in [0, 0.1) is 11.3 Å². The lowest BCUT2D eigenvalue weighted by Gasteiger charge is -2.18. The van der Waals surface area contributed by atoms with Gasteiger partial charge in [-0.05, 0) is 48.4 Å². The second kappa shape index (κ2) is 8.80. The fraction of sp³-hybridized carbons (Fsp3) is 0.368. The normalized spacial score (nSPS) is 17.9. The molecule has 146 valence electrons. The van der Waals surface area contributed by atoms with E-state index in [0.29, 0.717) is 30.2 Å². The number of nitrogens with zero attached hydrogens (tertiary/aromatic N) is 3. The van der Waals surface area contributed by atoms with Crippen molar-refractivity contribution in [1.82, 2.24) is 9.80 Å². The van der Waals surface area contributed by atoms with Gasteiger partial charge in [-0.25, -0.2) is 0 Å².